The van der Waals surface area contributed by atoms with E-state index in [0.29, 0.717) is 17.8 Å². The molecule has 0 saturated carbocycles. The lowest BCUT2D eigenvalue weighted by atomic mass is 10.1. The minimum atomic E-state index is -2.57. The molecule has 5 heterocycles. The number of fused-ring (bicyclic) bond motifs is 2. The van der Waals surface area contributed by atoms with E-state index in [9.17, 15) is 22.0 Å². The normalized spacial score (nSPS) is 16.0. The Morgan fingerprint density at radius 2 is 1.89 bits per heavy atom. The minimum Gasteiger partial charge on any atom is -0.382 e. The maximum Gasteiger partial charge on any atom is 0.260 e. The van der Waals surface area contributed by atoms with Crippen molar-refractivity contribution in [2.45, 2.75) is 45.6 Å². The van der Waals surface area contributed by atoms with Gasteiger partial charge in [0.25, 0.3) is 12.3 Å². The largest absolute Gasteiger partial charge is 0.382 e. The predicted molar refractivity (Wildman–Crippen MR) is 125 cm³/mol. The predicted octanol–water partition coefficient (Wildman–Crippen LogP) is 3.76. The summed E-state index contributed by atoms with van der Waals surface area (Å²) in [4.78, 5) is 14.2. The van der Waals surface area contributed by atoms with Crippen LogP contribution in [0.15, 0.2) is 18.3 Å². The van der Waals surface area contributed by atoms with Gasteiger partial charge in [0.15, 0.2) is 17.3 Å². The Hall–Kier alpha value is -3.55. The zero-order valence-electron chi connectivity index (χ0n) is 19.7. The molecule has 4 aromatic heterocycles. The number of rotatable bonds is 4. The molecule has 9 nitrogen and oxygen atoms in total. The number of piperidine rings is 1. The van der Waals surface area contributed by atoms with Gasteiger partial charge in [-0.15, -0.1) is 5.10 Å². The summed E-state index contributed by atoms with van der Waals surface area (Å²) in [7, 11) is 0. The van der Waals surface area contributed by atoms with Crippen molar-refractivity contribution in [3.05, 3.63) is 30.0 Å². The van der Waals surface area contributed by atoms with Gasteiger partial charge in [-0.3, -0.25) is 4.90 Å². The Bertz CT molecular complexity index is 1380. The maximum absolute atomic E-state index is 14.6. The fourth-order valence-corrected chi connectivity index (χ4v) is 4.27. The summed E-state index contributed by atoms with van der Waals surface area (Å²) in [6.45, 7) is 4.51. The summed E-state index contributed by atoms with van der Waals surface area (Å²) in [6.07, 6.45) is -0.757. The number of alkyl halides is 4. The van der Waals surface area contributed by atoms with Gasteiger partial charge in [-0.2, -0.15) is 4.98 Å². The topological polar surface area (TPSA) is 116 Å². The molecule has 1 aliphatic rings. The van der Waals surface area contributed by atoms with E-state index in [1.807, 2.05) is 6.92 Å². The highest BCUT2D eigenvalue weighted by Crippen LogP contribution is 2.32. The van der Waals surface area contributed by atoms with Crippen molar-refractivity contribution in [1.82, 2.24) is 34.0 Å². The minimum absolute atomic E-state index is 0.0180. The highest BCUT2D eigenvalue weighted by atomic mass is 19.3. The number of likely N-dealkylation sites (tertiary alicyclic amines) is 1. The first-order chi connectivity index (χ1) is 17.0. The Morgan fingerprint density at radius 1 is 1.14 bits per heavy atom. The standard InChI is InChI=1S/C15H13F3N8.C7H13F2N/c1-6-21-9-3-2-8(22-14(9)25(6)5-10(17)18)11-7(16)4-26-12(11)13(19)23-15(20)24-26;1-2-10-5-3-4-7(8,9)6-10/h2-4,10H,5H2,1H3,(H4,19,20,23,24);2-6H2,1H3. The number of aryl methyl sites for hydroxylation is 1. The van der Waals surface area contributed by atoms with E-state index in [1.54, 1.807) is 17.9 Å². The zero-order chi connectivity index (χ0) is 26.2. The fourth-order valence-electron chi connectivity index (χ4n) is 4.27. The van der Waals surface area contributed by atoms with Crippen LogP contribution >= 0.6 is 0 Å². The van der Waals surface area contributed by atoms with Crippen molar-refractivity contribution in [1.29, 1.82) is 0 Å². The van der Waals surface area contributed by atoms with E-state index in [-0.39, 0.29) is 47.2 Å². The lowest BCUT2D eigenvalue weighted by Crippen LogP contribution is -2.42. The van der Waals surface area contributed by atoms with Gasteiger partial charge in [0, 0.05) is 6.42 Å². The maximum atomic E-state index is 14.6. The van der Waals surface area contributed by atoms with E-state index in [1.165, 1.54) is 15.1 Å². The molecule has 0 radical (unpaired) electrons. The quantitative estimate of drug-likeness (QED) is 0.401. The Balaban J connectivity index is 0.000000256. The van der Waals surface area contributed by atoms with Crippen LogP contribution in [-0.2, 0) is 6.54 Å². The van der Waals surface area contributed by atoms with Crippen LogP contribution in [0.5, 0.6) is 0 Å². The molecular weight excluding hydrogens is 485 g/mol. The number of nitrogens with two attached hydrogens (primary N) is 2. The molecule has 36 heavy (non-hydrogen) atoms. The average Bonchev–Trinajstić information content (AvgIpc) is 3.28. The molecule has 4 aromatic rings. The molecule has 5 rings (SSSR count). The highest BCUT2D eigenvalue weighted by Gasteiger charge is 2.34. The van der Waals surface area contributed by atoms with Crippen LogP contribution in [0, 0.1) is 12.7 Å². The van der Waals surface area contributed by atoms with Crippen LogP contribution in [0.3, 0.4) is 0 Å². The second-order valence-corrected chi connectivity index (χ2v) is 8.53. The fraction of sp³-hybridized carbons (Fsp3) is 0.455. The van der Waals surface area contributed by atoms with E-state index >= 15 is 0 Å². The van der Waals surface area contributed by atoms with Gasteiger partial charge in [-0.25, -0.2) is 36.4 Å². The van der Waals surface area contributed by atoms with Gasteiger partial charge in [-0.1, -0.05) is 6.92 Å². The van der Waals surface area contributed by atoms with Crippen molar-refractivity contribution >= 4 is 28.4 Å². The molecule has 1 fully saturated rings. The Morgan fingerprint density at radius 3 is 2.53 bits per heavy atom. The van der Waals surface area contributed by atoms with Crippen molar-refractivity contribution < 1.29 is 22.0 Å². The van der Waals surface area contributed by atoms with Gasteiger partial charge >= 0.3 is 0 Å². The molecule has 0 unspecified atom stereocenters. The zero-order valence-corrected chi connectivity index (χ0v) is 19.7. The summed E-state index contributed by atoms with van der Waals surface area (Å²) < 4.78 is 67.9. The lowest BCUT2D eigenvalue weighted by molar-refractivity contribution is -0.0625. The Labute approximate surface area is 202 Å². The van der Waals surface area contributed by atoms with Crippen LogP contribution in [0.1, 0.15) is 25.6 Å². The summed E-state index contributed by atoms with van der Waals surface area (Å²) in [6, 6.07) is 3.12. The molecule has 4 N–H and O–H groups in total. The van der Waals surface area contributed by atoms with E-state index < -0.39 is 24.7 Å². The highest BCUT2D eigenvalue weighted by molar-refractivity contribution is 5.88. The van der Waals surface area contributed by atoms with Crippen molar-refractivity contribution in [3.63, 3.8) is 0 Å². The third kappa shape index (κ3) is 5.17. The third-order valence-electron chi connectivity index (χ3n) is 5.91. The average molecular weight is 512 g/mol. The number of anilines is 2. The molecule has 0 atom stereocenters. The first kappa shape index (κ1) is 25.5. The third-order valence-corrected chi connectivity index (χ3v) is 5.91. The van der Waals surface area contributed by atoms with Gasteiger partial charge in [0.1, 0.15) is 16.9 Å². The smallest absolute Gasteiger partial charge is 0.260 e. The SMILES string of the molecule is CCN1CCCC(F)(F)C1.Cc1nc2ccc(-c3c(F)cn4nc(N)nc(N)c34)nc2n1CC(F)F. The lowest BCUT2D eigenvalue weighted by Gasteiger charge is -2.31. The molecule has 0 amide bonds. The first-order valence-corrected chi connectivity index (χ1v) is 11.3. The van der Waals surface area contributed by atoms with Gasteiger partial charge in [-0.05, 0) is 38.6 Å². The summed E-state index contributed by atoms with van der Waals surface area (Å²) in [5.41, 5.74) is 12.5. The van der Waals surface area contributed by atoms with E-state index in [4.69, 9.17) is 11.5 Å². The number of hydrogen-bond donors (Lipinski definition) is 2. The number of imidazole rings is 1. The molecule has 0 aromatic carbocycles. The first-order valence-electron chi connectivity index (χ1n) is 11.3. The Kier molecular flexibility index (Phi) is 6.98. The number of nitrogen functional groups attached to an aromatic ring is 2. The number of nitrogens with zero attached hydrogens (tertiary/aromatic N) is 7. The van der Waals surface area contributed by atoms with E-state index in [2.05, 4.69) is 20.1 Å². The van der Waals surface area contributed by atoms with Crippen molar-refractivity contribution in [2.75, 3.05) is 31.1 Å². The van der Waals surface area contributed by atoms with Crippen LogP contribution in [-0.4, -0.2) is 66.0 Å². The number of halogens is 5. The molecular formula is C22H26F5N9. The second kappa shape index (κ2) is 9.84. The van der Waals surface area contributed by atoms with Crippen LogP contribution in [0.25, 0.3) is 27.9 Å². The molecule has 194 valence electrons. The van der Waals surface area contributed by atoms with Crippen LogP contribution < -0.4 is 11.5 Å². The molecule has 0 aliphatic carbocycles. The van der Waals surface area contributed by atoms with Gasteiger partial charge < -0.3 is 16.0 Å². The number of aromatic nitrogens is 6. The van der Waals surface area contributed by atoms with E-state index in [0.717, 1.165) is 19.3 Å². The monoisotopic (exact) mass is 511 g/mol. The number of hydrogen-bond acceptors (Lipinski definition) is 7. The van der Waals surface area contributed by atoms with Crippen molar-refractivity contribution in [2.24, 2.45) is 0 Å². The molecule has 0 bridgehead atoms. The van der Waals surface area contributed by atoms with Crippen molar-refractivity contribution in [3.8, 4) is 11.3 Å². The van der Waals surface area contributed by atoms with Crippen LogP contribution in [0.2, 0.25) is 0 Å². The summed E-state index contributed by atoms with van der Waals surface area (Å²) in [5, 5.41) is 3.89. The summed E-state index contributed by atoms with van der Waals surface area (Å²) >= 11 is 0. The van der Waals surface area contributed by atoms with Gasteiger partial charge in [0.2, 0.25) is 5.95 Å². The molecule has 0 spiro atoms. The van der Waals surface area contributed by atoms with Crippen LogP contribution in [0.4, 0.5) is 33.7 Å². The second-order valence-electron chi connectivity index (χ2n) is 8.53. The summed E-state index contributed by atoms with van der Waals surface area (Å²) in [5.74, 6) is -2.79. The molecule has 14 heteroatoms. The molecule has 1 saturated heterocycles. The van der Waals surface area contributed by atoms with Gasteiger partial charge in [0.05, 0.1) is 30.5 Å². The molecule has 1 aliphatic heterocycles. The number of pyridine rings is 1.